The third-order valence-corrected chi connectivity index (χ3v) is 25.3. The van der Waals surface area contributed by atoms with Gasteiger partial charge in [0.1, 0.15) is 0 Å². The van der Waals surface area contributed by atoms with Crippen LogP contribution in [0.15, 0.2) is 24.3 Å². The molecule has 0 aliphatic carbocycles. The minimum atomic E-state index is -2.06. The summed E-state index contributed by atoms with van der Waals surface area (Å²) in [5.41, 5.74) is 1.78. The van der Waals surface area contributed by atoms with Gasteiger partial charge >= 0.3 is 160 Å². The normalized spacial score (nSPS) is 12.6. The summed E-state index contributed by atoms with van der Waals surface area (Å²) in [5, 5.41) is 0. The summed E-state index contributed by atoms with van der Waals surface area (Å²) >= 11 is -3.83. The van der Waals surface area contributed by atoms with Crippen molar-refractivity contribution >= 4 is 36.0 Å². The molecule has 0 radical (unpaired) electrons. The van der Waals surface area contributed by atoms with Crippen molar-refractivity contribution in [3.63, 3.8) is 0 Å². The van der Waals surface area contributed by atoms with Crippen molar-refractivity contribution in [2.75, 3.05) is 0 Å². The number of hydrogen-bond donors (Lipinski definition) is 0. The first-order valence-electron chi connectivity index (χ1n) is 10.5. The van der Waals surface area contributed by atoms with Crippen molar-refractivity contribution in [3.05, 3.63) is 29.8 Å². The number of hydrogen-bond acceptors (Lipinski definition) is 0. The van der Waals surface area contributed by atoms with Crippen LogP contribution in [0.3, 0.4) is 0 Å². The summed E-state index contributed by atoms with van der Waals surface area (Å²) in [6.07, 6.45) is 8.62. The molecule has 0 bridgehead atoms. The molecule has 0 atom stereocenters. The van der Waals surface area contributed by atoms with Gasteiger partial charge in [0, 0.05) is 0 Å². The van der Waals surface area contributed by atoms with Crippen LogP contribution in [0.25, 0.3) is 0 Å². The molecule has 1 aromatic rings. The zero-order valence-electron chi connectivity index (χ0n) is 17.4. The molecule has 0 saturated carbocycles. The second kappa shape index (κ2) is 11.3. The van der Waals surface area contributed by atoms with E-state index in [4.69, 9.17) is 0 Å². The van der Waals surface area contributed by atoms with Crippen LogP contribution in [-0.2, 0) is 4.44 Å². The third kappa shape index (κ3) is 7.43. The van der Waals surface area contributed by atoms with Crippen LogP contribution < -0.4 is 4.40 Å². The van der Waals surface area contributed by atoms with E-state index < -0.39 is 31.6 Å². The second-order valence-electron chi connectivity index (χ2n) is 8.89. The maximum atomic E-state index is 2.57. The Morgan fingerprint density at radius 3 is 1.62 bits per heavy atom. The van der Waals surface area contributed by atoms with Gasteiger partial charge in [0.25, 0.3) is 0 Å². The van der Waals surface area contributed by atoms with Crippen molar-refractivity contribution < 1.29 is 0 Å². The summed E-state index contributed by atoms with van der Waals surface area (Å²) in [7, 11) is 0. The van der Waals surface area contributed by atoms with Gasteiger partial charge in [-0.15, -0.1) is 0 Å². The molecule has 0 aliphatic heterocycles. The molecule has 0 heterocycles. The zero-order chi connectivity index (χ0) is 18.1. The van der Waals surface area contributed by atoms with E-state index in [1.54, 1.807) is 23.3 Å². The predicted molar refractivity (Wildman–Crippen MR) is 118 cm³/mol. The van der Waals surface area contributed by atoms with Crippen LogP contribution in [0.5, 0.6) is 0 Å². The van der Waals surface area contributed by atoms with Gasteiger partial charge in [-0.2, -0.15) is 0 Å². The van der Waals surface area contributed by atoms with Gasteiger partial charge in [-0.3, -0.25) is 0 Å². The van der Waals surface area contributed by atoms with Crippen molar-refractivity contribution in [1.29, 1.82) is 0 Å². The molecule has 0 nitrogen and oxygen atoms in total. The molecule has 2 heteroatoms. The average Bonchev–Trinajstić information content (AvgIpc) is 2.55. The summed E-state index contributed by atoms with van der Waals surface area (Å²) in [4.78, 5) is 0. The van der Waals surface area contributed by atoms with Gasteiger partial charge in [0.2, 0.25) is 0 Å². The van der Waals surface area contributed by atoms with E-state index in [0.717, 1.165) is 0 Å². The van der Waals surface area contributed by atoms with Gasteiger partial charge in [-0.1, -0.05) is 0 Å². The molecule has 0 fully saturated rings. The van der Waals surface area contributed by atoms with Crippen molar-refractivity contribution in [2.24, 2.45) is 0 Å². The Balaban J connectivity index is 3.13. The van der Waals surface area contributed by atoms with Gasteiger partial charge < -0.3 is 0 Å². The Kier molecular flexibility index (Phi) is 10.7. The molecule has 138 valence electrons. The molecular weight excluding hydrogens is 456 g/mol. The fourth-order valence-electron chi connectivity index (χ4n) is 4.11. The first-order valence-corrected chi connectivity index (χ1v) is 25.9. The number of unbranched alkanes of at least 4 members (excludes halogenated alkanes) is 3. The third-order valence-electron chi connectivity index (χ3n) is 5.57. The molecule has 24 heavy (non-hydrogen) atoms. The molecule has 1 rings (SSSR count). The molecule has 0 spiro atoms. The van der Waals surface area contributed by atoms with Crippen LogP contribution in [0.2, 0.25) is 30.6 Å². The first-order chi connectivity index (χ1) is 11.4. The standard InChI is InChI=1S/C10H15Ge.3C4H9.Sn/c1-9-7-5-6-8-10(9)11(2,3)4;3*1-3-4-2;/h5-8H,1H2,2-4H3;3*1,3-4H2,2H3;. The Hall–Kier alpha value is 0.562. The Labute approximate surface area is 159 Å². The quantitative estimate of drug-likeness (QED) is 0.269. The maximum absolute atomic E-state index is 2.57. The van der Waals surface area contributed by atoms with Gasteiger partial charge in [0.05, 0.1) is 0 Å². The van der Waals surface area contributed by atoms with Crippen molar-refractivity contribution in [2.45, 2.75) is 94.3 Å². The van der Waals surface area contributed by atoms with Crippen LogP contribution in [0.1, 0.15) is 64.9 Å². The van der Waals surface area contributed by atoms with Gasteiger partial charge in [-0.05, 0) is 0 Å². The number of benzene rings is 1. The topological polar surface area (TPSA) is 0 Å². The fraction of sp³-hybridized carbons (Fsp3) is 0.727. The SMILES string of the molecule is CCC[CH2][Sn]([CH2]CCC)([CH2]CCC)[CH2]c1cccc[c]1[Ge]([CH3])([CH3])[CH3]. The van der Waals surface area contributed by atoms with Crippen LogP contribution in [0.4, 0.5) is 0 Å². The van der Waals surface area contributed by atoms with Crippen LogP contribution in [0, 0.1) is 0 Å². The number of rotatable bonds is 12. The molecule has 0 unspecified atom stereocenters. The van der Waals surface area contributed by atoms with Gasteiger partial charge in [0.15, 0.2) is 0 Å². The van der Waals surface area contributed by atoms with E-state index in [2.05, 4.69) is 62.3 Å². The molecule has 1 aromatic carbocycles. The van der Waals surface area contributed by atoms with Crippen molar-refractivity contribution in [1.82, 2.24) is 0 Å². The minimum absolute atomic E-state index is 1.38. The van der Waals surface area contributed by atoms with E-state index in [9.17, 15) is 0 Å². The van der Waals surface area contributed by atoms with E-state index in [1.807, 2.05) is 0 Å². The van der Waals surface area contributed by atoms with E-state index in [0.29, 0.717) is 0 Å². The average molecular weight is 498 g/mol. The molecule has 0 aliphatic rings. The van der Waals surface area contributed by atoms with E-state index >= 15 is 0 Å². The molecule has 0 aromatic heterocycles. The zero-order valence-corrected chi connectivity index (χ0v) is 22.3. The second-order valence-corrected chi connectivity index (χ2v) is 33.3. The Morgan fingerprint density at radius 2 is 1.21 bits per heavy atom. The predicted octanol–water partition coefficient (Wildman–Crippen LogP) is 7.16. The summed E-state index contributed by atoms with van der Waals surface area (Å²) in [6, 6.07) is 9.58. The molecular formula is C22H42GeSn. The van der Waals surface area contributed by atoms with Crippen LogP contribution in [-0.4, -0.2) is 31.6 Å². The summed E-state index contributed by atoms with van der Waals surface area (Å²) in [5.74, 6) is 7.71. The first kappa shape index (κ1) is 22.6. The van der Waals surface area contributed by atoms with E-state index in [-0.39, 0.29) is 0 Å². The molecule has 0 N–H and O–H groups in total. The Morgan fingerprint density at radius 1 is 0.750 bits per heavy atom. The monoisotopic (exact) mass is 500 g/mol. The summed E-state index contributed by atoms with van der Waals surface area (Å²) in [6.45, 7) is 7.15. The fourth-order valence-corrected chi connectivity index (χ4v) is 25.1. The van der Waals surface area contributed by atoms with Crippen molar-refractivity contribution in [3.8, 4) is 0 Å². The van der Waals surface area contributed by atoms with Gasteiger partial charge in [-0.25, -0.2) is 0 Å². The molecule has 0 amide bonds. The van der Waals surface area contributed by atoms with E-state index in [1.165, 1.54) is 43.0 Å². The Bertz CT molecular complexity index is 440. The van der Waals surface area contributed by atoms with Crippen LogP contribution >= 0.6 is 0 Å². The summed E-state index contributed by atoms with van der Waals surface area (Å²) < 4.78 is 8.24. The molecule has 0 saturated heterocycles.